The zero-order valence-electron chi connectivity index (χ0n) is 47.6. The number of carbonyl (C=O) groups excluding carboxylic acids is 8. The van der Waals surface area contributed by atoms with E-state index < -0.39 is 96.0 Å². The molecule has 8 amide bonds. The molecule has 84 heavy (non-hydrogen) atoms. The van der Waals surface area contributed by atoms with Gasteiger partial charge in [-0.25, -0.2) is 9.67 Å². The maximum Gasteiger partial charge on any atom is 0.246 e. The lowest BCUT2D eigenvalue weighted by Crippen LogP contribution is -2.61. The smallest absolute Gasteiger partial charge is 0.246 e. The molecule has 6 heterocycles. The number of benzene rings is 2. The van der Waals surface area contributed by atoms with Crippen LogP contribution in [0.25, 0.3) is 31.8 Å². The number of fused-ring (bicyclic) bond motifs is 2. The maximum absolute atomic E-state index is 15.8. The Balaban J connectivity index is 1.07. The fourth-order valence-corrected chi connectivity index (χ4v) is 14.0. The third-order valence-corrected chi connectivity index (χ3v) is 18.9. The zero-order valence-corrected chi connectivity index (χ0v) is 50.1. The van der Waals surface area contributed by atoms with Crippen molar-refractivity contribution in [2.24, 2.45) is 11.7 Å². The van der Waals surface area contributed by atoms with E-state index in [-0.39, 0.29) is 51.1 Å². The first-order chi connectivity index (χ1) is 40.7. The summed E-state index contributed by atoms with van der Waals surface area (Å²) in [4.78, 5) is 124. The van der Waals surface area contributed by atoms with Gasteiger partial charge in [0.25, 0.3) is 0 Å². The van der Waals surface area contributed by atoms with E-state index in [1.54, 1.807) is 33.1 Å². The summed E-state index contributed by atoms with van der Waals surface area (Å²) >= 11 is 4.51. The summed E-state index contributed by atoms with van der Waals surface area (Å²) in [5, 5.41) is 31.0. The molecule has 23 heteroatoms. The molecule has 20 nitrogen and oxygen atoms in total. The molecule has 2 aliphatic heterocycles. The molecular weight excluding hydrogens is 1120 g/mol. The van der Waals surface area contributed by atoms with Crippen molar-refractivity contribution in [2.45, 2.75) is 172 Å². The van der Waals surface area contributed by atoms with E-state index in [1.165, 1.54) is 32.5 Å². The average molecular weight is 1200 g/mol. The first-order valence-corrected chi connectivity index (χ1v) is 32.1. The van der Waals surface area contributed by atoms with Crippen LogP contribution in [0.1, 0.15) is 132 Å². The van der Waals surface area contributed by atoms with E-state index in [1.807, 2.05) is 53.9 Å². The van der Waals surface area contributed by atoms with Gasteiger partial charge in [-0.15, -0.1) is 39.1 Å². The molecule has 7 unspecified atom stereocenters. The summed E-state index contributed by atoms with van der Waals surface area (Å²) in [7, 11) is 0. The van der Waals surface area contributed by atoms with Crippen LogP contribution in [0, 0.1) is 12.8 Å². The van der Waals surface area contributed by atoms with Gasteiger partial charge in [-0.2, -0.15) is 0 Å². The number of aromatic nitrogens is 4. The molecule has 6 aromatic rings. The van der Waals surface area contributed by atoms with Crippen LogP contribution in [-0.4, -0.2) is 121 Å². The molecule has 446 valence electrons. The van der Waals surface area contributed by atoms with Gasteiger partial charge in [0.1, 0.15) is 41.9 Å². The predicted octanol–water partition coefficient (Wildman–Crippen LogP) is 6.82. The second-order valence-corrected chi connectivity index (χ2v) is 25.3. The Kier molecular flexibility index (Phi) is 21.4. The Labute approximate surface area is 501 Å². The second-order valence-electron chi connectivity index (χ2n) is 22.4. The highest BCUT2D eigenvalue weighted by Crippen LogP contribution is 2.35. The van der Waals surface area contributed by atoms with Crippen molar-refractivity contribution in [1.29, 1.82) is 0 Å². The number of nitrogens with one attached hydrogen (secondary N) is 6. The van der Waals surface area contributed by atoms with Crippen LogP contribution in [0.2, 0.25) is 0 Å². The lowest BCUT2D eigenvalue weighted by molar-refractivity contribution is -0.144. The van der Waals surface area contributed by atoms with Crippen LogP contribution in [-0.2, 0) is 51.2 Å². The molecule has 1 aliphatic carbocycles. The molecule has 4 aromatic heterocycles. The molecule has 2 saturated heterocycles. The van der Waals surface area contributed by atoms with Gasteiger partial charge in [-0.3, -0.25) is 38.4 Å². The van der Waals surface area contributed by atoms with Gasteiger partial charge >= 0.3 is 0 Å². The lowest BCUT2D eigenvalue weighted by Gasteiger charge is -2.35. The molecule has 0 radical (unpaired) electrons. The molecule has 1 saturated carbocycles. The van der Waals surface area contributed by atoms with Crippen molar-refractivity contribution in [3.8, 4) is 21.7 Å². The number of primary amides is 1. The van der Waals surface area contributed by atoms with Gasteiger partial charge in [0, 0.05) is 64.2 Å². The highest BCUT2D eigenvalue weighted by Gasteiger charge is 2.46. The fraction of sp³-hybridized carbons (Fsp3) is 0.492. The van der Waals surface area contributed by atoms with Gasteiger partial charge in [0.05, 0.1) is 29.9 Å². The quantitative estimate of drug-likeness (QED) is 0.0494. The topological polar surface area (TPSA) is 282 Å². The number of amides is 8. The number of carbonyl (C=O) groups is 8. The Morgan fingerprint density at radius 3 is 2.26 bits per heavy atom. The fourth-order valence-electron chi connectivity index (χ4n) is 11.6. The van der Waals surface area contributed by atoms with Gasteiger partial charge in [-0.05, 0) is 91.5 Å². The van der Waals surface area contributed by atoms with Crippen LogP contribution in [0.3, 0.4) is 0 Å². The number of unbranched alkanes of at least 4 members (excludes halogenated alkanes) is 4. The minimum Gasteiger partial charge on any atom is -0.368 e. The third kappa shape index (κ3) is 16.1. The molecule has 3 fully saturated rings. The van der Waals surface area contributed by atoms with Gasteiger partial charge in [-0.1, -0.05) is 99.5 Å². The van der Waals surface area contributed by atoms with Crippen molar-refractivity contribution in [2.75, 3.05) is 13.1 Å². The van der Waals surface area contributed by atoms with Crippen LogP contribution in [0.15, 0.2) is 83.1 Å². The Morgan fingerprint density at radius 1 is 0.774 bits per heavy atom. The molecular formula is C61H76N12O8S3. The lowest BCUT2D eigenvalue weighted by atomic mass is 9.83. The molecule has 0 bridgehead atoms. The van der Waals surface area contributed by atoms with Crippen molar-refractivity contribution >= 4 is 91.4 Å². The van der Waals surface area contributed by atoms with E-state index >= 15 is 14.4 Å². The van der Waals surface area contributed by atoms with Crippen LogP contribution >= 0.6 is 34.0 Å². The zero-order chi connectivity index (χ0) is 59.1. The normalized spacial score (nSPS) is 23.0. The number of aryl methyl sites for hydroxylation is 1. The van der Waals surface area contributed by atoms with Gasteiger partial charge in [0.15, 0.2) is 0 Å². The summed E-state index contributed by atoms with van der Waals surface area (Å²) in [6.07, 6.45) is 10.4. The van der Waals surface area contributed by atoms with E-state index in [0.29, 0.717) is 43.5 Å². The number of thiophene rings is 2. The molecule has 7 atom stereocenters. The molecule has 2 aromatic carbocycles. The Morgan fingerprint density at radius 2 is 1.51 bits per heavy atom. The number of nitrogens with zero attached hydrogens (tertiary/aromatic N) is 5. The van der Waals surface area contributed by atoms with E-state index in [9.17, 15) is 24.0 Å². The Bertz CT molecular complexity index is 3240. The predicted molar refractivity (Wildman–Crippen MR) is 324 cm³/mol. The molecule has 0 spiro atoms. The molecule has 9 rings (SSSR count). The number of hydrogen-bond donors (Lipinski definition) is 7. The standard InChI is InChI=1S/C61H76N12O8S3/c1-3-4-5-6-10-20-53(74)65-48-31-54(75)63-27-14-13-18-45(56(62)76)66-57(77)46(28-41-34-83-52-19-12-11-17-44(41)52)68-60(80)50-30-43(73-33-49(70-71-73)38-22-24-39(25-23-38)51-26-21-37(2)84-51)32-72(50)61(81)55(40-15-8-7-9-16-40)69-59(79)47(67-58(48)78)29-42-35-82-36-64-42/h11-12,17,19,21-26,33-36,40,43,45-48,50,55H,3-10,13-16,18,20,27-32H2,1-2H3,(H2,62,76)(H,63,75)(H,65,74)(H,66,77)(H,67,78)(H,68,80)(H,69,79). The first kappa shape index (κ1) is 61.2. The summed E-state index contributed by atoms with van der Waals surface area (Å²) in [6, 6.07) is 11.9. The van der Waals surface area contributed by atoms with Gasteiger partial charge < -0.3 is 42.5 Å². The number of nitrogens with two attached hydrogens (primary N) is 1. The maximum atomic E-state index is 15.8. The van der Waals surface area contributed by atoms with Gasteiger partial charge in [0.2, 0.25) is 47.3 Å². The number of thiazole rings is 1. The third-order valence-electron chi connectivity index (χ3n) is 16.2. The minimum atomic E-state index is -1.38. The first-order valence-electron chi connectivity index (χ1n) is 29.5. The summed E-state index contributed by atoms with van der Waals surface area (Å²) in [6.45, 7) is 4.27. The van der Waals surface area contributed by atoms with Crippen molar-refractivity contribution in [3.63, 3.8) is 0 Å². The number of hydrogen-bond acceptors (Lipinski definition) is 14. The van der Waals surface area contributed by atoms with Crippen molar-refractivity contribution in [3.05, 3.63) is 99.3 Å². The molecule has 3 aliphatic rings. The highest BCUT2D eigenvalue weighted by molar-refractivity contribution is 7.17. The minimum absolute atomic E-state index is 0.0215. The van der Waals surface area contributed by atoms with E-state index in [4.69, 9.17) is 5.73 Å². The van der Waals surface area contributed by atoms with Crippen LogP contribution in [0.5, 0.6) is 0 Å². The van der Waals surface area contributed by atoms with Crippen LogP contribution in [0.4, 0.5) is 0 Å². The summed E-state index contributed by atoms with van der Waals surface area (Å²) < 4.78 is 2.63. The largest absolute Gasteiger partial charge is 0.368 e. The van der Waals surface area contributed by atoms with Crippen molar-refractivity contribution in [1.82, 2.24) is 56.8 Å². The summed E-state index contributed by atoms with van der Waals surface area (Å²) in [5.41, 5.74) is 11.3. The SMILES string of the molecule is CCCCCCCC(=O)NC1CC(=O)NCCCCC(C(N)=O)NC(=O)C(Cc2csc3ccccc23)NC(=O)C2CC(n3cc(-c4ccc(-c5ccc(C)s5)cc4)nn3)CN2C(=O)C(C2CCCCC2)NC(=O)C(Cc2cscn2)NC1=O. The number of rotatable bonds is 16. The summed E-state index contributed by atoms with van der Waals surface area (Å²) in [5.74, 6) is -5.42. The van der Waals surface area contributed by atoms with E-state index in [0.717, 1.165) is 76.6 Å². The second kappa shape index (κ2) is 29.4. The van der Waals surface area contributed by atoms with Crippen LogP contribution < -0.4 is 37.6 Å². The average Bonchev–Trinajstić information content (AvgIpc) is 4.43. The monoisotopic (exact) mass is 1200 g/mol. The van der Waals surface area contributed by atoms with E-state index in [2.05, 4.69) is 73.2 Å². The molecule has 8 N–H and O–H groups in total. The highest BCUT2D eigenvalue weighted by atomic mass is 32.1. The Hall–Kier alpha value is -7.37. The van der Waals surface area contributed by atoms with Crippen molar-refractivity contribution < 1.29 is 38.4 Å².